The maximum atomic E-state index is 6.10. The molecule has 2 atom stereocenters. The minimum Gasteiger partial charge on any atom is -0.365 e. The molecule has 3 rings (SSSR count). The second-order valence-corrected chi connectivity index (χ2v) is 5.67. The van der Waals surface area contributed by atoms with Gasteiger partial charge in [0.25, 0.3) is 0 Å². The second kappa shape index (κ2) is 4.51. The zero-order valence-electron chi connectivity index (χ0n) is 10.2. The van der Waals surface area contributed by atoms with Crippen LogP contribution >= 0.6 is 11.6 Å². The third kappa shape index (κ3) is 2.04. The van der Waals surface area contributed by atoms with Crippen LogP contribution in [0.3, 0.4) is 0 Å². The van der Waals surface area contributed by atoms with Crippen LogP contribution in [-0.4, -0.2) is 25.2 Å². The summed E-state index contributed by atoms with van der Waals surface area (Å²) in [7, 11) is 2.08. The first kappa shape index (κ1) is 11.4. The van der Waals surface area contributed by atoms with Crippen molar-refractivity contribution in [3.8, 4) is 0 Å². The number of halogens is 1. The summed E-state index contributed by atoms with van der Waals surface area (Å²) in [6, 6.07) is 10.4. The molecule has 2 aliphatic rings. The number of benzene rings is 1. The molecule has 2 nitrogen and oxygen atoms in total. The number of fused-ring (bicyclic) bond motifs is 2. The van der Waals surface area contributed by atoms with E-state index in [9.17, 15) is 0 Å². The van der Waals surface area contributed by atoms with Crippen molar-refractivity contribution in [3.63, 3.8) is 0 Å². The van der Waals surface area contributed by atoms with Crippen LogP contribution in [0, 0.1) is 0 Å². The summed E-state index contributed by atoms with van der Waals surface area (Å²) >= 11 is 6.10. The van der Waals surface area contributed by atoms with E-state index in [1.165, 1.54) is 31.4 Å². The lowest BCUT2D eigenvalue weighted by molar-refractivity contribution is 0.374. The summed E-state index contributed by atoms with van der Waals surface area (Å²) in [4.78, 5) is 2.60. The van der Waals surface area contributed by atoms with Gasteiger partial charge in [-0.1, -0.05) is 17.7 Å². The van der Waals surface area contributed by atoms with Gasteiger partial charge in [0.15, 0.2) is 0 Å². The summed E-state index contributed by atoms with van der Waals surface area (Å²) in [5.74, 6) is 0. The highest BCUT2D eigenvalue weighted by Gasteiger charge is 2.40. The third-order valence-corrected chi connectivity index (χ3v) is 4.48. The van der Waals surface area contributed by atoms with Crippen LogP contribution in [0.5, 0.6) is 0 Å². The molecular formula is C14H19ClN2. The van der Waals surface area contributed by atoms with Gasteiger partial charge in [0.2, 0.25) is 0 Å². The first-order chi connectivity index (χ1) is 8.28. The molecule has 0 aromatic heterocycles. The number of nitrogens with zero attached hydrogens (tertiary/aromatic N) is 1. The van der Waals surface area contributed by atoms with E-state index in [0.29, 0.717) is 18.1 Å². The fourth-order valence-corrected chi connectivity index (χ4v) is 3.66. The molecule has 1 aromatic rings. The van der Waals surface area contributed by atoms with Gasteiger partial charge in [-0.3, -0.25) is 0 Å². The predicted octanol–water partition coefficient (Wildman–Crippen LogP) is 3.06. The standard InChI is InChI=1S/C14H19ClN2/c1-16-11-8-13-5-6-14(9-11)17(13)12-4-2-3-10(15)7-12/h2-4,7,11,13-14,16H,5-6,8-9H2,1H3. The lowest BCUT2D eigenvalue weighted by atomic mass is 9.97. The van der Waals surface area contributed by atoms with Crippen LogP contribution < -0.4 is 10.2 Å². The Morgan fingerprint density at radius 3 is 2.53 bits per heavy atom. The van der Waals surface area contributed by atoms with Crippen molar-refractivity contribution < 1.29 is 0 Å². The van der Waals surface area contributed by atoms with E-state index >= 15 is 0 Å². The van der Waals surface area contributed by atoms with Gasteiger partial charge in [0.05, 0.1) is 0 Å². The molecule has 2 fully saturated rings. The Morgan fingerprint density at radius 1 is 1.24 bits per heavy atom. The molecule has 1 aromatic carbocycles. The maximum Gasteiger partial charge on any atom is 0.0426 e. The van der Waals surface area contributed by atoms with Crippen molar-refractivity contribution in [3.05, 3.63) is 29.3 Å². The first-order valence-electron chi connectivity index (χ1n) is 6.49. The van der Waals surface area contributed by atoms with Gasteiger partial charge in [0.1, 0.15) is 0 Å². The normalized spacial score (nSPS) is 31.9. The molecule has 0 radical (unpaired) electrons. The smallest absolute Gasteiger partial charge is 0.0426 e. The molecule has 0 aliphatic carbocycles. The second-order valence-electron chi connectivity index (χ2n) is 5.23. The van der Waals surface area contributed by atoms with Gasteiger partial charge in [-0.2, -0.15) is 0 Å². The van der Waals surface area contributed by atoms with Crippen LogP contribution in [0.15, 0.2) is 24.3 Å². The fourth-order valence-electron chi connectivity index (χ4n) is 3.47. The molecule has 1 N–H and O–H groups in total. The lowest BCUT2D eigenvalue weighted by Gasteiger charge is -2.40. The number of piperidine rings is 1. The Balaban J connectivity index is 1.86. The number of hydrogen-bond acceptors (Lipinski definition) is 2. The average Bonchev–Trinajstić information content (AvgIpc) is 2.60. The van der Waals surface area contributed by atoms with Gasteiger partial charge in [-0.25, -0.2) is 0 Å². The molecule has 3 heteroatoms. The van der Waals surface area contributed by atoms with Crippen molar-refractivity contribution in [1.82, 2.24) is 5.32 Å². The van der Waals surface area contributed by atoms with Crippen LogP contribution in [0.4, 0.5) is 5.69 Å². The Morgan fingerprint density at radius 2 is 1.94 bits per heavy atom. The highest BCUT2D eigenvalue weighted by Crippen LogP contribution is 2.39. The molecule has 92 valence electrons. The van der Waals surface area contributed by atoms with Gasteiger partial charge in [-0.15, -0.1) is 0 Å². The minimum absolute atomic E-state index is 0.697. The highest BCUT2D eigenvalue weighted by atomic mass is 35.5. The first-order valence-corrected chi connectivity index (χ1v) is 6.87. The number of anilines is 1. The van der Waals surface area contributed by atoms with E-state index in [-0.39, 0.29) is 0 Å². The van der Waals surface area contributed by atoms with Crippen LogP contribution in [0.1, 0.15) is 25.7 Å². The molecule has 2 aliphatic heterocycles. The summed E-state index contributed by atoms with van der Waals surface area (Å²) in [5, 5.41) is 4.28. The van der Waals surface area contributed by atoms with E-state index in [1.807, 2.05) is 6.07 Å². The molecule has 2 bridgehead atoms. The van der Waals surface area contributed by atoms with Gasteiger partial charge >= 0.3 is 0 Å². The predicted molar refractivity (Wildman–Crippen MR) is 72.8 cm³/mol. The van der Waals surface area contributed by atoms with Crippen LogP contribution in [0.25, 0.3) is 0 Å². The zero-order valence-corrected chi connectivity index (χ0v) is 11.0. The molecule has 0 spiro atoms. The maximum absolute atomic E-state index is 6.10. The van der Waals surface area contributed by atoms with Crippen LogP contribution in [0.2, 0.25) is 5.02 Å². The average molecular weight is 251 g/mol. The van der Waals surface area contributed by atoms with Crippen molar-refractivity contribution in [2.24, 2.45) is 0 Å². The topological polar surface area (TPSA) is 15.3 Å². The molecule has 0 saturated carbocycles. The summed E-state index contributed by atoms with van der Waals surface area (Å²) in [6.45, 7) is 0. The molecule has 2 heterocycles. The van der Waals surface area contributed by atoms with E-state index in [2.05, 4.69) is 35.5 Å². The summed E-state index contributed by atoms with van der Waals surface area (Å²) in [5.41, 5.74) is 1.31. The Bertz CT molecular complexity index is 393. The number of nitrogens with one attached hydrogen (secondary N) is 1. The molecule has 2 saturated heterocycles. The van der Waals surface area contributed by atoms with Crippen molar-refractivity contribution in [2.75, 3.05) is 11.9 Å². The van der Waals surface area contributed by atoms with Gasteiger partial charge in [0, 0.05) is 28.8 Å². The van der Waals surface area contributed by atoms with E-state index in [4.69, 9.17) is 11.6 Å². The Hall–Kier alpha value is -0.730. The molecule has 0 amide bonds. The largest absolute Gasteiger partial charge is 0.365 e. The van der Waals surface area contributed by atoms with Gasteiger partial charge in [-0.05, 0) is 50.9 Å². The van der Waals surface area contributed by atoms with Crippen molar-refractivity contribution in [1.29, 1.82) is 0 Å². The quantitative estimate of drug-likeness (QED) is 0.868. The fraction of sp³-hybridized carbons (Fsp3) is 0.571. The highest BCUT2D eigenvalue weighted by molar-refractivity contribution is 6.30. The van der Waals surface area contributed by atoms with E-state index in [0.717, 1.165) is 5.02 Å². The molecular weight excluding hydrogens is 232 g/mol. The Labute approximate surface area is 108 Å². The minimum atomic E-state index is 0.697. The monoisotopic (exact) mass is 250 g/mol. The van der Waals surface area contributed by atoms with Crippen LogP contribution in [-0.2, 0) is 0 Å². The van der Waals surface area contributed by atoms with E-state index < -0.39 is 0 Å². The lowest BCUT2D eigenvalue weighted by Crippen LogP contribution is -2.48. The molecule has 17 heavy (non-hydrogen) atoms. The zero-order chi connectivity index (χ0) is 11.8. The SMILES string of the molecule is CNC1CC2CCC(C1)N2c1cccc(Cl)c1. The van der Waals surface area contributed by atoms with Crippen molar-refractivity contribution in [2.45, 2.75) is 43.8 Å². The summed E-state index contributed by atoms with van der Waals surface area (Å²) < 4.78 is 0. The molecule has 2 unspecified atom stereocenters. The van der Waals surface area contributed by atoms with E-state index in [1.54, 1.807) is 0 Å². The van der Waals surface area contributed by atoms with Gasteiger partial charge < -0.3 is 10.2 Å². The number of hydrogen-bond donors (Lipinski definition) is 1. The number of rotatable bonds is 2. The Kier molecular flexibility index (Phi) is 3.01. The third-order valence-electron chi connectivity index (χ3n) is 4.25. The summed E-state index contributed by atoms with van der Waals surface area (Å²) in [6.07, 6.45) is 5.18. The van der Waals surface area contributed by atoms with Crippen molar-refractivity contribution >= 4 is 17.3 Å².